The molecule has 3 heteroatoms. The molecule has 14 heavy (non-hydrogen) atoms. The molecule has 0 heterocycles. The van der Waals surface area contributed by atoms with E-state index in [9.17, 15) is 8.78 Å². The second-order valence-corrected chi connectivity index (χ2v) is 2.99. The molecule has 2 N–H and O–H groups in total. The molecule has 1 unspecified atom stereocenters. The summed E-state index contributed by atoms with van der Waals surface area (Å²) in [5.74, 6) is 0.652. The summed E-state index contributed by atoms with van der Waals surface area (Å²) in [6, 6.07) is 3.43. The highest BCUT2D eigenvalue weighted by Gasteiger charge is 2.13. The summed E-state index contributed by atoms with van der Waals surface area (Å²) in [6.07, 6.45) is 5.96. The standard InChI is InChI=1S/C11H11F2N/c1-2-3-7-10(14)8-5-4-6-9(12)11(8)13/h1,4-6,10H,3,7,14H2. The van der Waals surface area contributed by atoms with Crippen LogP contribution in [0.1, 0.15) is 24.4 Å². The van der Waals surface area contributed by atoms with E-state index >= 15 is 0 Å². The van der Waals surface area contributed by atoms with Crippen LogP contribution < -0.4 is 5.73 Å². The van der Waals surface area contributed by atoms with Crippen molar-refractivity contribution >= 4 is 0 Å². The van der Waals surface area contributed by atoms with E-state index in [2.05, 4.69) is 5.92 Å². The molecule has 0 radical (unpaired) electrons. The molecule has 1 aromatic carbocycles. The summed E-state index contributed by atoms with van der Waals surface area (Å²) in [6.45, 7) is 0. The van der Waals surface area contributed by atoms with Crippen LogP contribution in [0.3, 0.4) is 0 Å². The largest absolute Gasteiger partial charge is 0.324 e. The molecule has 1 aromatic rings. The van der Waals surface area contributed by atoms with Crippen molar-refractivity contribution in [1.82, 2.24) is 0 Å². The van der Waals surface area contributed by atoms with E-state index in [1.807, 2.05) is 0 Å². The van der Waals surface area contributed by atoms with Crippen LogP contribution in [0.4, 0.5) is 8.78 Å². The van der Waals surface area contributed by atoms with Crippen molar-refractivity contribution < 1.29 is 8.78 Å². The van der Waals surface area contributed by atoms with E-state index in [1.54, 1.807) is 0 Å². The second kappa shape index (κ2) is 4.73. The number of hydrogen-bond acceptors (Lipinski definition) is 1. The smallest absolute Gasteiger partial charge is 0.163 e. The lowest BCUT2D eigenvalue weighted by Crippen LogP contribution is -2.12. The third kappa shape index (κ3) is 2.30. The zero-order valence-electron chi connectivity index (χ0n) is 7.63. The SMILES string of the molecule is C#CCCC(N)c1cccc(F)c1F. The lowest BCUT2D eigenvalue weighted by Gasteiger charge is -2.11. The van der Waals surface area contributed by atoms with E-state index in [-0.39, 0.29) is 5.56 Å². The van der Waals surface area contributed by atoms with Crippen molar-refractivity contribution in [2.24, 2.45) is 5.73 Å². The molecule has 0 saturated carbocycles. The zero-order chi connectivity index (χ0) is 10.6. The molecule has 74 valence electrons. The molecular weight excluding hydrogens is 184 g/mol. The van der Waals surface area contributed by atoms with Crippen LogP contribution in [0.15, 0.2) is 18.2 Å². The third-order valence-corrected chi connectivity index (χ3v) is 1.98. The third-order valence-electron chi connectivity index (χ3n) is 1.98. The molecule has 0 aliphatic rings. The summed E-state index contributed by atoms with van der Waals surface area (Å²) >= 11 is 0. The Kier molecular flexibility index (Phi) is 3.61. The van der Waals surface area contributed by atoms with Gasteiger partial charge in [-0.1, -0.05) is 12.1 Å². The summed E-state index contributed by atoms with van der Waals surface area (Å²) < 4.78 is 26.0. The van der Waals surface area contributed by atoms with Crippen molar-refractivity contribution in [2.45, 2.75) is 18.9 Å². The van der Waals surface area contributed by atoms with Gasteiger partial charge in [-0.05, 0) is 12.5 Å². The van der Waals surface area contributed by atoms with Crippen molar-refractivity contribution in [3.8, 4) is 12.3 Å². The summed E-state index contributed by atoms with van der Waals surface area (Å²) in [5, 5.41) is 0. The minimum Gasteiger partial charge on any atom is -0.324 e. The monoisotopic (exact) mass is 195 g/mol. The van der Waals surface area contributed by atoms with Crippen molar-refractivity contribution in [3.63, 3.8) is 0 Å². The van der Waals surface area contributed by atoms with Gasteiger partial charge < -0.3 is 5.73 Å². The van der Waals surface area contributed by atoms with Gasteiger partial charge >= 0.3 is 0 Å². The van der Waals surface area contributed by atoms with Gasteiger partial charge in [0.2, 0.25) is 0 Å². The van der Waals surface area contributed by atoms with Gasteiger partial charge in [-0.3, -0.25) is 0 Å². The van der Waals surface area contributed by atoms with Crippen LogP contribution >= 0.6 is 0 Å². The Labute approximate surface area is 81.9 Å². The average Bonchev–Trinajstić information content (AvgIpc) is 2.18. The molecule has 0 aliphatic carbocycles. The predicted molar refractivity (Wildman–Crippen MR) is 51.4 cm³/mol. The van der Waals surface area contributed by atoms with Crippen LogP contribution in [0.25, 0.3) is 0 Å². The maximum absolute atomic E-state index is 13.2. The van der Waals surface area contributed by atoms with E-state index in [1.165, 1.54) is 12.1 Å². The number of nitrogens with two attached hydrogens (primary N) is 1. The molecule has 1 atom stereocenters. The first-order valence-corrected chi connectivity index (χ1v) is 4.29. The molecule has 0 aromatic heterocycles. The fourth-order valence-electron chi connectivity index (χ4n) is 1.20. The Morgan fingerprint density at radius 1 is 1.43 bits per heavy atom. The van der Waals surface area contributed by atoms with Crippen molar-refractivity contribution in [1.29, 1.82) is 0 Å². The average molecular weight is 195 g/mol. The highest BCUT2D eigenvalue weighted by molar-refractivity contribution is 5.22. The zero-order valence-corrected chi connectivity index (χ0v) is 7.63. The van der Waals surface area contributed by atoms with Gasteiger partial charge in [-0.25, -0.2) is 8.78 Å². The number of halogens is 2. The van der Waals surface area contributed by atoms with E-state index in [0.717, 1.165) is 6.07 Å². The molecular formula is C11H11F2N. The first kappa shape index (κ1) is 10.7. The number of terminal acetylenes is 1. The summed E-state index contributed by atoms with van der Waals surface area (Å²) in [7, 11) is 0. The Morgan fingerprint density at radius 2 is 2.14 bits per heavy atom. The minimum absolute atomic E-state index is 0.181. The Balaban J connectivity index is 2.85. The van der Waals surface area contributed by atoms with Gasteiger partial charge in [-0.2, -0.15) is 0 Å². The van der Waals surface area contributed by atoms with Gasteiger partial charge in [0.1, 0.15) is 0 Å². The van der Waals surface area contributed by atoms with Gasteiger partial charge in [0.25, 0.3) is 0 Å². The summed E-state index contributed by atoms with van der Waals surface area (Å²) in [5.41, 5.74) is 5.83. The molecule has 0 fully saturated rings. The Hall–Kier alpha value is -1.40. The molecule has 0 spiro atoms. The minimum atomic E-state index is -0.878. The van der Waals surface area contributed by atoms with Gasteiger partial charge in [0.15, 0.2) is 11.6 Å². The predicted octanol–water partition coefficient (Wildman–Crippen LogP) is 2.38. The van der Waals surface area contributed by atoms with Crippen molar-refractivity contribution in [2.75, 3.05) is 0 Å². The lowest BCUT2D eigenvalue weighted by atomic mass is 10.0. The first-order chi connectivity index (χ1) is 6.66. The Morgan fingerprint density at radius 3 is 2.79 bits per heavy atom. The van der Waals surface area contributed by atoms with E-state index < -0.39 is 17.7 Å². The topological polar surface area (TPSA) is 26.0 Å². The quantitative estimate of drug-likeness (QED) is 0.736. The van der Waals surface area contributed by atoms with Crippen LogP contribution in [-0.2, 0) is 0 Å². The van der Waals surface area contributed by atoms with Gasteiger partial charge in [-0.15, -0.1) is 12.3 Å². The molecule has 0 saturated heterocycles. The fourth-order valence-corrected chi connectivity index (χ4v) is 1.20. The molecule has 0 amide bonds. The molecule has 0 aliphatic heterocycles. The summed E-state index contributed by atoms with van der Waals surface area (Å²) in [4.78, 5) is 0. The molecule has 1 nitrogen and oxygen atoms in total. The van der Waals surface area contributed by atoms with Gasteiger partial charge in [0, 0.05) is 18.0 Å². The highest BCUT2D eigenvalue weighted by Crippen LogP contribution is 2.20. The number of hydrogen-bond donors (Lipinski definition) is 1. The van der Waals surface area contributed by atoms with Crippen LogP contribution in [0.2, 0.25) is 0 Å². The normalized spacial score (nSPS) is 12.1. The van der Waals surface area contributed by atoms with Crippen molar-refractivity contribution in [3.05, 3.63) is 35.4 Å². The maximum Gasteiger partial charge on any atom is 0.163 e. The van der Waals surface area contributed by atoms with Crippen LogP contribution in [0, 0.1) is 24.0 Å². The Bertz CT molecular complexity index is 355. The van der Waals surface area contributed by atoms with E-state index in [4.69, 9.17) is 12.2 Å². The number of benzene rings is 1. The van der Waals surface area contributed by atoms with E-state index in [0.29, 0.717) is 12.8 Å². The maximum atomic E-state index is 13.2. The number of rotatable bonds is 3. The van der Waals surface area contributed by atoms with Crippen LogP contribution in [0.5, 0.6) is 0 Å². The lowest BCUT2D eigenvalue weighted by molar-refractivity contribution is 0.484. The fraction of sp³-hybridized carbons (Fsp3) is 0.273. The molecule has 1 rings (SSSR count). The molecule has 0 bridgehead atoms. The van der Waals surface area contributed by atoms with Crippen LogP contribution in [-0.4, -0.2) is 0 Å². The highest BCUT2D eigenvalue weighted by atomic mass is 19.2. The first-order valence-electron chi connectivity index (χ1n) is 4.29. The second-order valence-electron chi connectivity index (χ2n) is 2.99. The van der Waals surface area contributed by atoms with Gasteiger partial charge in [0.05, 0.1) is 0 Å².